The highest BCUT2D eigenvalue weighted by molar-refractivity contribution is 6.02. The number of pyridine rings is 1. The second-order valence-corrected chi connectivity index (χ2v) is 5.75. The molecule has 136 valence electrons. The summed E-state index contributed by atoms with van der Waals surface area (Å²) in [5.74, 6) is -0.727. The van der Waals surface area contributed by atoms with Crippen molar-refractivity contribution in [2.24, 2.45) is 0 Å². The highest BCUT2D eigenvalue weighted by atomic mass is 19.3. The molecular formula is C18H17F2N3O3. The number of nitrogens with one attached hydrogen (secondary N) is 2. The Morgan fingerprint density at radius 1 is 1.31 bits per heavy atom. The molecule has 2 heterocycles. The fourth-order valence-corrected chi connectivity index (χ4v) is 2.77. The fourth-order valence-electron chi connectivity index (χ4n) is 2.77. The highest BCUT2D eigenvalue weighted by Gasteiger charge is 2.29. The molecule has 2 amide bonds. The van der Waals surface area contributed by atoms with Crippen LogP contribution in [0.2, 0.25) is 0 Å². The van der Waals surface area contributed by atoms with Crippen molar-refractivity contribution in [3.8, 4) is 5.75 Å². The van der Waals surface area contributed by atoms with Crippen molar-refractivity contribution in [3.63, 3.8) is 0 Å². The first-order valence-electron chi connectivity index (χ1n) is 8.09. The molecular weight excluding hydrogens is 344 g/mol. The number of rotatable bonds is 7. The van der Waals surface area contributed by atoms with Crippen molar-refractivity contribution in [1.29, 1.82) is 0 Å². The summed E-state index contributed by atoms with van der Waals surface area (Å²) in [6, 6.07) is 10.1. The van der Waals surface area contributed by atoms with Gasteiger partial charge in [0.05, 0.1) is 5.92 Å². The zero-order valence-corrected chi connectivity index (χ0v) is 13.7. The third-order valence-corrected chi connectivity index (χ3v) is 3.97. The molecule has 0 unspecified atom stereocenters. The van der Waals surface area contributed by atoms with Gasteiger partial charge in [0.25, 0.3) is 12.3 Å². The molecule has 0 aliphatic carbocycles. The molecule has 2 aromatic rings. The van der Waals surface area contributed by atoms with Crippen molar-refractivity contribution in [2.75, 3.05) is 18.5 Å². The second-order valence-electron chi connectivity index (χ2n) is 5.75. The number of hydrogen-bond acceptors (Lipinski definition) is 4. The van der Waals surface area contributed by atoms with Crippen molar-refractivity contribution in [3.05, 3.63) is 53.9 Å². The summed E-state index contributed by atoms with van der Waals surface area (Å²) in [7, 11) is 0. The molecule has 0 saturated carbocycles. The van der Waals surface area contributed by atoms with Crippen molar-refractivity contribution >= 4 is 17.5 Å². The van der Waals surface area contributed by atoms with E-state index in [9.17, 15) is 18.4 Å². The third-order valence-electron chi connectivity index (χ3n) is 3.97. The van der Waals surface area contributed by atoms with E-state index in [0.29, 0.717) is 6.42 Å². The van der Waals surface area contributed by atoms with Gasteiger partial charge in [0.1, 0.15) is 18.1 Å². The maximum atomic E-state index is 12.2. The first-order valence-corrected chi connectivity index (χ1v) is 8.09. The quantitative estimate of drug-likeness (QED) is 0.794. The number of ether oxygens (including phenoxy) is 1. The van der Waals surface area contributed by atoms with Crippen LogP contribution in [0, 0.1) is 0 Å². The summed E-state index contributed by atoms with van der Waals surface area (Å²) >= 11 is 0. The van der Waals surface area contributed by atoms with Gasteiger partial charge in [-0.05, 0) is 24.1 Å². The minimum absolute atomic E-state index is 0.0630. The van der Waals surface area contributed by atoms with Gasteiger partial charge in [-0.3, -0.25) is 14.6 Å². The van der Waals surface area contributed by atoms with Crippen LogP contribution < -0.4 is 15.4 Å². The number of halogens is 2. The molecule has 26 heavy (non-hydrogen) atoms. The fraction of sp³-hybridized carbons (Fsp3) is 0.278. The van der Waals surface area contributed by atoms with E-state index in [1.165, 1.54) is 18.3 Å². The number of nitrogens with zero attached hydrogens (tertiary/aromatic N) is 1. The summed E-state index contributed by atoms with van der Waals surface area (Å²) < 4.78 is 29.2. The Morgan fingerprint density at radius 2 is 2.12 bits per heavy atom. The number of alkyl halides is 2. The minimum atomic E-state index is -2.60. The summed E-state index contributed by atoms with van der Waals surface area (Å²) in [6.07, 6.45) is -0.840. The van der Waals surface area contributed by atoms with Crippen molar-refractivity contribution < 1.29 is 23.1 Å². The third kappa shape index (κ3) is 4.14. The molecule has 3 rings (SSSR count). The SMILES string of the molecule is O=C(NCC[C@H]1C(=O)Nc2ccccc21)c1cc(OCC(F)F)ccn1. The lowest BCUT2D eigenvalue weighted by atomic mass is 9.97. The number of anilines is 1. The highest BCUT2D eigenvalue weighted by Crippen LogP contribution is 2.33. The average molecular weight is 361 g/mol. The number of carbonyl (C=O) groups excluding carboxylic acids is 2. The van der Waals surface area contributed by atoms with Crippen LogP contribution in [0.15, 0.2) is 42.6 Å². The maximum absolute atomic E-state index is 12.2. The lowest BCUT2D eigenvalue weighted by Crippen LogP contribution is -2.27. The Balaban J connectivity index is 1.55. The Kier molecular flexibility index (Phi) is 5.40. The van der Waals surface area contributed by atoms with Gasteiger partial charge in [-0.25, -0.2) is 8.78 Å². The number of amides is 2. The maximum Gasteiger partial charge on any atom is 0.272 e. The van der Waals surface area contributed by atoms with E-state index in [1.807, 2.05) is 24.3 Å². The largest absolute Gasteiger partial charge is 0.488 e. The van der Waals surface area contributed by atoms with Crippen LogP contribution in [-0.2, 0) is 4.79 Å². The van der Waals surface area contributed by atoms with Crippen LogP contribution in [0.3, 0.4) is 0 Å². The first kappa shape index (κ1) is 17.8. The Bertz CT molecular complexity index is 814. The van der Waals surface area contributed by atoms with Crippen LogP contribution in [0.1, 0.15) is 28.4 Å². The zero-order valence-electron chi connectivity index (χ0n) is 13.7. The molecule has 1 aromatic heterocycles. The van der Waals surface area contributed by atoms with E-state index < -0.39 is 18.9 Å². The topological polar surface area (TPSA) is 80.3 Å². The van der Waals surface area contributed by atoms with E-state index in [2.05, 4.69) is 15.6 Å². The number of hydrogen-bond donors (Lipinski definition) is 2. The number of para-hydroxylation sites is 1. The standard InChI is InChI=1S/C18H17F2N3O3/c19-16(20)10-26-11-5-7-21-15(9-11)18(25)22-8-6-13-12-3-1-2-4-14(12)23-17(13)24/h1-5,7,9,13,16H,6,8,10H2,(H,22,25)(H,23,24)/t13-/m1/s1. The number of fused-ring (bicyclic) bond motifs is 1. The Hall–Kier alpha value is -3.03. The van der Waals surface area contributed by atoms with Crippen molar-refractivity contribution in [1.82, 2.24) is 10.3 Å². The van der Waals surface area contributed by atoms with Gasteiger partial charge in [0.15, 0.2) is 0 Å². The summed E-state index contributed by atoms with van der Waals surface area (Å²) in [5, 5.41) is 5.49. The van der Waals surface area contributed by atoms with Crippen LogP contribution >= 0.6 is 0 Å². The molecule has 0 radical (unpaired) electrons. The molecule has 0 saturated heterocycles. The predicted molar refractivity (Wildman–Crippen MR) is 90.5 cm³/mol. The van der Waals surface area contributed by atoms with Crippen molar-refractivity contribution in [2.45, 2.75) is 18.8 Å². The van der Waals surface area contributed by atoms with Gasteiger partial charge >= 0.3 is 0 Å². The number of carbonyl (C=O) groups is 2. The molecule has 0 spiro atoms. The van der Waals surface area contributed by atoms with E-state index in [4.69, 9.17) is 4.74 Å². The lowest BCUT2D eigenvalue weighted by Gasteiger charge is -2.10. The van der Waals surface area contributed by atoms with Crippen LogP contribution in [-0.4, -0.2) is 36.4 Å². The van der Waals surface area contributed by atoms with E-state index >= 15 is 0 Å². The Labute approximate surface area is 148 Å². The van der Waals surface area contributed by atoms with Gasteiger partial charge in [-0.1, -0.05) is 18.2 Å². The Morgan fingerprint density at radius 3 is 2.92 bits per heavy atom. The molecule has 1 aromatic carbocycles. The molecule has 0 fully saturated rings. The monoisotopic (exact) mass is 361 g/mol. The smallest absolute Gasteiger partial charge is 0.272 e. The minimum Gasteiger partial charge on any atom is -0.488 e. The molecule has 2 N–H and O–H groups in total. The normalized spacial score (nSPS) is 15.5. The van der Waals surface area contributed by atoms with Crippen LogP contribution in [0.5, 0.6) is 5.75 Å². The molecule has 1 atom stereocenters. The molecule has 8 heteroatoms. The molecule has 1 aliphatic heterocycles. The zero-order chi connectivity index (χ0) is 18.5. The summed E-state index contributed by atoms with van der Waals surface area (Å²) in [5.41, 5.74) is 1.76. The van der Waals surface area contributed by atoms with Gasteiger partial charge in [0, 0.05) is 24.5 Å². The first-order chi connectivity index (χ1) is 12.5. The second kappa shape index (κ2) is 7.90. The molecule has 1 aliphatic rings. The average Bonchev–Trinajstić information content (AvgIpc) is 2.95. The van der Waals surface area contributed by atoms with Gasteiger partial charge in [-0.2, -0.15) is 0 Å². The van der Waals surface area contributed by atoms with Crippen LogP contribution in [0.25, 0.3) is 0 Å². The van der Waals surface area contributed by atoms with E-state index in [-0.39, 0.29) is 29.8 Å². The summed E-state index contributed by atoms with van der Waals surface area (Å²) in [4.78, 5) is 28.1. The predicted octanol–water partition coefficient (Wildman–Crippen LogP) is 2.58. The number of benzene rings is 1. The van der Waals surface area contributed by atoms with Gasteiger partial charge in [-0.15, -0.1) is 0 Å². The van der Waals surface area contributed by atoms with E-state index in [0.717, 1.165) is 11.3 Å². The molecule has 6 nitrogen and oxygen atoms in total. The van der Waals surface area contributed by atoms with Crippen LogP contribution in [0.4, 0.5) is 14.5 Å². The van der Waals surface area contributed by atoms with Gasteiger partial charge < -0.3 is 15.4 Å². The lowest BCUT2D eigenvalue weighted by molar-refractivity contribution is -0.117. The number of aromatic nitrogens is 1. The van der Waals surface area contributed by atoms with Gasteiger partial charge in [0.2, 0.25) is 5.91 Å². The molecule has 0 bridgehead atoms. The summed E-state index contributed by atoms with van der Waals surface area (Å²) in [6.45, 7) is -0.476. The van der Waals surface area contributed by atoms with E-state index in [1.54, 1.807) is 0 Å².